The van der Waals surface area contributed by atoms with Crippen molar-refractivity contribution in [3.05, 3.63) is 35.6 Å². The fraction of sp³-hybridized carbons (Fsp3) is 0.167. The number of methoxy groups -OCH3 is 1. The Morgan fingerprint density at radius 2 is 2.00 bits per heavy atom. The molecule has 2 N–H and O–H groups in total. The topological polar surface area (TPSA) is 78.3 Å². The van der Waals surface area contributed by atoms with Crippen LogP contribution in [0.1, 0.15) is 16.1 Å². The van der Waals surface area contributed by atoms with Crippen LogP contribution in [-0.4, -0.2) is 18.2 Å². The van der Waals surface area contributed by atoms with Crippen molar-refractivity contribution >= 4 is 17.5 Å². The van der Waals surface area contributed by atoms with Crippen LogP contribution >= 0.6 is 11.6 Å². The molecular weight excluding hydrogens is 294 g/mol. The molecule has 0 spiro atoms. The highest BCUT2D eigenvalue weighted by molar-refractivity contribution is 6.22. The molecule has 0 atom stereocenters. The maximum atomic E-state index is 13.1. The van der Waals surface area contributed by atoms with Gasteiger partial charge in [0.15, 0.2) is 0 Å². The highest BCUT2D eigenvalue weighted by Gasteiger charge is 2.40. The lowest BCUT2D eigenvalue weighted by atomic mass is 10.1. The number of amides is 1. The Hall–Kier alpha value is -2.15. The Morgan fingerprint density at radius 1 is 1.40 bits per heavy atom. The second-order valence-corrected chi connectivity index (χ2v) is 4.30. The van der Waals surface area contributed by atoms with Gasteiger partial charge in [0.2, 0.25) is 5.76 Å². The van der Waals surface area contributed by atoms with Crippen LogP contribution in [-0.2, 0) is 5.38 Å². The van der Waals surface area contributed by atoms with Gasteiger partial charge in [-0.25, -0.2) is 0 Å². The number of nitrogens with two attached hydrogens (primary N) is 1. The van der Waals surface area contributed by atoms with Crippen molar-refractivity contribution in [2.45, 2.75) is 5.38 Å². The first-order valence-electron chi connectivity index (χ1n) is 5.35. The number of hydrogen-bond acceptors (Lipinski definition) is 4. The molecule has 2 aromatic rings. The standard InChI is InChI=1S/C12H9ClF2N2O3/c1-19-7-4-2-6(3-5-7)9-8(11(16)18)10(20-17-9)12(13,14)15/h2-5H,1H3,(H2,16,18). The molecule has 0 bridgehead atoms. The lowest BCUT2D eigenvalue weighted by Gasteiger charge is -2.05. The van der Waals surface area contributed by atoms with Gasteiger partial charge < -0.3 is 15.0 Å². The third kappa shape index (κ3) is 2.57. The van der Waals surface area contributed by atoms with Crippen LogP contribution < -0.4 is 10.5 Å². The molecule has 1 heterocycles. The largest absolute Gasteiger partial charge is 0.497 e. The summed E-state index contributed by atoms with van der Waals surface area (Å²) in [5.74, 6) is -1.62. The molecule has 5 nitrogen and oxygen atoms in total. The first-order chi connectivity index (χ1) is 9.34. The van der Waals surface area contributed by atoms with Gasteiger partial charge in [0.05, 0.1) is 7.11 Å². The zero-order valence-corrected chi connectivity index (χ0v) is 10.9. The first kappa shape index (κ1) is 14.3. The third-order valence-electron chi connectivity index (χ3n) is 2.56. The summed E-state index contributed by atoms with van der Waals surface area (Å²) in [6, 6.07) is 6.21. The zero-order chi connectivity index (χ0) is 14.9. The molecule has 0 saturated heterocycles. The summed E-state index contributed by atoms with van der Waals surface area (Å²) in [5.41, 5.74) is 4.82. The Bertz CT molecular complexity index is 635. The van der Waals surface area contributed by atoms with Crippen LogP contribution in [0.3, 0.4) is 0 Å². The minimum atomic E-state index is -3.87. The van der Waals surface area contributed by atoms with Crippen LogP contribution in [0.2, 0.25) is 0 Å². The average Bonchev–Trinajstić information content (AvgIpc) is 2.83. The van der Waals surface area contributed by atoms with E-state index in [1.54, 1.807) is 12.1 Å². The molecule has 0 saturated carbocycles. The van der Waals surface area contributed by atoms with Gasteiger partial charge in [0.25, 0.3) is 5.91 Å². The number of primary amides is 1. The van der Waals surface area contributed by atoms with E-state index < -0.39 is 22.6 Å². The lowest BCUT2D eigenvalue weighted by Crippen LogP contribution is -2.17. The average molecular weight is 303 g/mol. The van der Waals surface area contributed by atoms with Crippen molar-refractivity contribution in [2.24, 2.45) is 5.73 Å². The zero-order valence-electron chi connectivity index (χ0n) is 10.2. The molecule has 0 aliphatic rings. The summed E-state index contributed by atoms with van der Waals surface area (Å²) in [4.78, 5) is 11.4. The molecule has 1 aromatic carbocycles. The van der Waals surface area contributed by atoms with E-state index in [1.165, 1.54) is 19.2 Å². The number of alkyl halides is 3. The number of ether oxygens (including phenoxy) is 1. The molecule has 106 valence electrons. The molecular formula is C12H9ClF2N2O3. The van der Waals surface area contributed by atoms with Crippen LogP contribution in [0.4, 0.5) is 8.78 Å². The highest BCUT2D eigenvalue weighted by atomic mass is 35.5. The second-order valence-electron chi connectivity index (χ2n) is 3.83. The van der Waals surface area contributed by atoms with E-state index in [1.807, 2.05) is 0 Å². The quantitative estimate of drug-likeness (QED) is 0.881. The van der Waals surface area contributed by atoms with E-state index in [-0.39, 0.29) is 5.69 Å². The van der Waals surface area contributed by atoms with Crippen LogP contribution in [0.5, 0.6) is 5.75 Å². The molecule has 0 aliphatic carbocycles. The Morgan fingerprint density at radius 3 is 2.45 bits per heavy atom. The van der Waals surface area contributed by atoms with Gasteiger partial charge >= 0.3 is 5.38 Å². The van der Waals surface area contributed by atoms with Crippen molar-refractivity contribution in [2.75, 3.05) is 7.11 Å². The van der Waals surface area contributed by atoms with Gasteiger partial charge in [-0.05, 0) is 35.9 Å². The van der Waals surface area contributed by atoms with Crippen LogP contribution in [0, 0.1) is 0 Å². The number of aromatic nitrogens is 1. The van der Waals surface area contributed by atoms with Crippen molar-refractivity contribution in [3.8, 4) is 17.0 Å². The Balaban J connectivity index is 2.56. The van der Waals surface area contributed by atoms with Crippen LogP contribution in [0.15, 0.2) is 28.8 Å². The number of nitrogens with zero attached hydrogens (tertiary/aromatic N) is 1. The third-order valence-corrected chi connectivity index (χ3v) is 2.73. The van der Waals surface area contributed by atoms with Gasteiger partial charge in [-0.1, -0.05) is 5.16 Å². The summed E-state index contributed by atoms with van der Waals surface area (Å²) >= 11 is 4.86. The molecule has 0 unspecified atom stereocenters. The van der Waals surface area contributed by atoms with E-state index in [0.717, 1.165) is 0 Å². The van der Waals surface area contributed by atoms with Crippen molar-refractivity contribution in [1.29, 1.82) is 0 Å². The first-order valence-corrected chi connectivity index (χ1v) is 5.73. The highest BCUT2D eigenvalue weighted by Crippen LogP contribution is 2.38. The normalized spacial score (nSPS) is 11.4. The van der Waals surface area contributed by atoms with E-state index in [0.29, 0.717) is 11.3 Å². The number of benzene rings is 1. The maximum absolute atomic E-state index is 13.1. The van der Waals surface area contributed by atoms with E-state index in [4.69, 9.17) is 22.1 Å². The number of halogens is 3. The molecule has 20 heavy (non-hydrogen) atoms. The summed E-state index contributed by atoms with van der Waals surface area (Å²) in [5, 5.41) is -0.424. The summed E-state index contributed by atoms with van der Waals surface area (Å²) in [6.45, 7) is 0. The fourth-order valence-corrected chi connectivity index (χ4v) is 1.79. The van der Waals surface area contributed by atoms with E-state index in [2.05, 4.69) is 9.68 Å². The molecule has 0 radical (unpaired) electrons. The number of carbonyl (C=O) groups is 1. The summed E-state index contributed by atoms with van der Waals surface area (Å²) in [7, 11) is 1.48. The van der Waals surface area contributed by atoms with Gasteiger partial charge in [0.1, 0.15) is 17.0 Å². The SMILES string of the molecule is COc1ccc(-c2noc(C(F)(F)Cl)c2C(N)=O)cc1. The van der Waals surface area contributed by atoms with E-state index >= 15 is 0 Å². The Kier molecular flexibility index (Phi) is 3.63. The minimum absolute atomic E-state index is 0.101. The van der Waals surface area contributed by atoms with Crippen molar-refractivity contribution in [1.82, 2.24) is 5.16 Å². The van der Waals surface area contributed by atoms with Crippen LogP contribution in [0.25, 0.3) is 11.3 Å². The molecule has 2 rings (SSSR count). The summed E-state index contributed by atoms with van der Waals surface area (Å²) < 4.78 is 35.7. The molecule has 0 aliphatic heterocycles. The predicted molar refractivity (Wildman–Crippen MR) is 66.8 cm³/mol. The Labute approximate surface area is 117 Å². The fourth-order valence-electron chi connectivity index (χ4n) is 1.66. The molecule has 1 aromatic heterocycles. The molecule has 1 amide bonds. The molecule has 0 fully saturated rings. The van der Waals surface area contributed by atoms with Gasteiger partial charge in [-0.3, -0.25) is 4.79 Å². The lowest BCUT2D eigenvalue weighted by molar-refractivity contribution is 0.0587. The molecule has 8 heteroatoms. The van der Waals surface area contributed by atoms with Gasteiger partial charge in [0, 0.05) is 5.56 Å². The smallest absolute Gasteiger partial charge is 0.383 e. The number of hydrogen-bond donors (Lipinski definition) is 1. The second kappa shape index (κ2) is 5.09. The van der Waals surface area contributed by atoms with Gasteiger partial charge in [-0.15, -0.1) is 0 Å². The monoisotopic (exact) mass is 302 g/mol. The summed E-state index contributed by atoms with van der Waals surface area (Å²) in [6.07, 6.45) is 0. The predicted octanol–water partition coefficient (Wildman–Crippen LogP) is 2.74. The maximum Gasteiger partial charge on any atom is 0.383 e. The number of rotatable bonds is 4. The van der Waals surface area contributed by atoms with Crippen molar-refractivity contribution in [3.63, 3.8) is 0 Å². The van der Waals surface area contributed by atoms with Gasteiger partial charge in [-0.2, -0.15) is 8.78 Å². The number of carbonyl (C=O) groups excluding carboxylic acids is 1. The van der Waals surface area contributed by atoms with Crippen molar-refractivity contribution < 1.29 is 22.8 Å². The minimum Gasteiger partial charge on any atom is -0.497 e. The van der Waals surface area contributed by atoms with E-state index in [9.17, 15) is 13.6 Å².